The van der Waals surface area contributed by atoms with Gasteiger partial charge in [-0.05, 0) is 30.3 Å². The van der Waals surface area contributed by atoms with Crippen molar-refractivity contribution in [2.75, 3.05) is 14.2 Å². The molecular formula is C19H20N4O4. The fraction of sp³-hybridized carbons (Fsp3) is 0.263. The highest BCUT2D eigenvalue weighted by Gasteiger charge is 2.11. The lowest BCUT2D eigenvalue weighted by molar-refractivity contribution is -0.121. The first-order chi connectivity index (χ1) is 13.2. The summed E-state index contributed by atoms with van der Waals surface area (Å²) < 4.78 is 15.7. The van der Waals surface area contributed by atoms with E-state index >= 15 is 0 Å². The summed E-state index contributed by atoms with van der Waals surface area (Å²) >= 11 is 0. The van der Waals surface area contributed by atoms with Crippen LogP contribution in [0.4, 0.5) is 0 Å². The van der Waals surface area contributed by atoms with Gasteiger partial charge in [0.15, 0.2) is 0 Å². The van der Waals surface area contributed by atoms with Crippen LogP contribution in [0.1, 0.15) is 17.9 Å². The normalized spacial score (nSPS) is 10.4. The molecule has 3 rings (SSSR count). The van der Waals surface area contributed by atoms with E-state index in [0.29, 0.717) is 36.2 Å². The maximum absolute atomic E-state index is 12.1. The summed E-state index contributed by atoms with van der Waals surface area (Å²) in [5, 5.41) is 6.78. The molecule has 0 aliphatic heterocycles. The molecule has 1 aromatic carbocycles. The lowest BCUT2D eigenvalue weighted by Crippen LogP contribution is -2.23. The number of carbonyl (C=O) groups is 1. The number of aryl methyl sites for hydroxylation is 1. The quantitative estimate of drug-likeness (QED) is 0.652. The second kappa shape index (κ2) is 8.79. The largest absolute Gasteiger partial charge is 0.497 e. The molecule has 2 aromatic heterocycles. The summed E-state index contributed by atoms with van der Waals surface area (Å²) in [6, 6.07) is 9.03. The third-order valence-electron chi connectivity index (χ3n) is 3.94. The molecule has 1 N–H and O–H groups in total. The smallest absolute Gasteiger partial charge is 0.227 e. The lowest BCUT2D eigenvalue weighted by Gasteiger charge is -2.11. The highest BCUT2D eigenvalue weighted by molar-refractivity contribution is 5.76. The molecule has 1 amide bonds. The minimum absolute atomic E-state index is 0.122. The topological polar surface area (TPSA) is 99.4 Å². The van der Waals surface area contributed by atoms with Crippen LogP contribution in [-0.2, 0) is 17.8 Å². The van der Waals surface area contributed by atoms with Crippen LogP contribution in [0.3, 0.4) is 0 Å². The van der Waals surface area contributed by atoms with E-state index < -0.39 is 0 Å². The first kappa shape index (κ1) is 18.4. The molecule has 0 unspecified atom stereocenters. The van der Waals surface area contributed by atoms with Gasteiger partial charge in [-0.3, -0.25) is 9.78 Å². The molecule has 8 nitrogen and oxygen atoms in total. The van der Waals surface area contributed by atoms with Gasteiger partial charge in [-0.1, -0.05) is 5.16 Å². The average Bonchev–Trinajstić information content (AvgIpc) is 3.20. The molecule has 2 heterocycles. The van der Waals surface area contributed by atoms with Crippen LogP contribution in [0.2, 0.25) is 0 Å². The zero-order valence-corrected chi connectivity index (χ0v) is 15.1. The number of carbonyl (C=O) groups excluding carboxylic acids is 1. The molecule has 0 aliphatic carbocycles. The van der Waals surface area contributed by atoms with Crippen molar-refractivity contribution in [2.45, 2.75) is 19.4 Å². The number of benzene rings is 1. The van der Waals surface area contributed by atoms with Crippen molar-refractivity contribution in [1.82, 2.24) is 20.4 Å². The first-order valence-corrected chi connectivity index (χ1v) is 8.40. The van der Waals surface area contributed by atoms with E-state index in [0.717, 1.165) is 11.1 Å². The SMILES string of the molecule is COc1ccc(OC)c(CNC(=O)CCc2nc(-c3ccncc3)no2)c1. The minimum atomic E-state index is -0.122. The fourth-order valence-electron chi connectivity index (χ4n) is 2.50. The number of amides is 1. The zero-order valence-electron chi connectivity index (χ0n) is 15.1. The van der Waals surface area contributed by atoms with E-state index in [1.807, 2.05) is 6.07 Å². The van der Waals surface area contributed by atoms with Crippen molar-refractivity contribution in [3.8, 4) is 22.9 Å². The summed E-state index contributed by atoms with van der Waals surface area (Å²) in [5.41, 5.74) is 1.65. The number of nitrogens with zero attached hydrogens (tertiary/aromatic N) is 3. The molecular weight excluding hydrogens is 348 g/mol. The van der Waals surface area contributed by atoms with E-state index in [1.54, 1.807) is 50.9 Å². The number of ether oxygens (including phenoxy) is 2. The van der Waals surface area contributed by atoms with Crippen molar-refractivity contribution < 1.29 is 18.8 Å². The van der Waals surface area contributed by atoms with Crippen molar-refractivity contribution in [3.05, 3.63) is 54.2 Å². The number of methoxy groups -OCH3 is 2. The van der Waals surface area contributed by atoms with E-state index in [-0.39, 0.29) is 12.3 Å². The average molecular weight is 368 g/mol. The summed E-state index contributed by atoms with van der Waals surface area (Å²) in [7, 11) is 3.18. The van der Waals surface area contributed by atoms with Crippen LogP contribution >= 0.6 is 0 Å². The van der Waals surface area contributed by atoms with Crippen LogP contribution in [0.5, 0.6) is 11.5 Å². The minimum Gasteiger partial charge on any atom is -0.497 e. The fourth-order valence-corrected chi connectivity index (χ4v) is 2.50. The first-order valence-electron chi connectivity index (χ1n) is 8.40. The second-order valence-electron chi connectivity index (χ2n) is 5.70. The molecule has 0 radical (unpaired) electrons. The molecule has 27 heavy (non-hydrogen) atoms. The third kappa shape index (κ3) is 4.81. The van der Waals surface area contributed by atoms with Crippen molar-refractivity contribution in [2.24, 2.45) is 0 Å². The number of hydrogen-bond acceptors (Lipinski definition) is 7. The molecule has 8 heteroatoms. The predicted octanol–water partition coefficient (Wildman–Crippen LogP) is 2.40. The highest BCUT2D eigenvalue weighted by Crippen LogP contribution is 2.23. The van der Waals surface area contributed by atoms with Gasteiger partial charge in [0.05, 0.1) is 14.2 Å². The highest BCUT2D eigenvalue weighted by atomic mass is 16.5. The monoisotopic (exact) mass is 368 g/mol. The Morgan fingerprint density at radius 1 is 1.15 bits per heavy atom. The number of nitrogens with one attached hydrogen (secondary N) is 1. The van der Waals surface area contributed by atoms with Crippen LogP contribution < -0.4 is 14.8 Å². The van der Waals surface area contributed by atoms with Crippen LogP contribution in [0.25, 0.3) is 11.4 Å². The zero-order chi connectivity index (χ0) is 19.1. The van der Waals surface area contributed by atoms with Gasteiger partial charge in [-0.2, -0.15) is 4.98 Å². The number of aromatic nitrogens is 3. The van der Waals surface area contributed by atoms with Gasteiger partial charge in [0.2, 0.25) is 17.6 Å². The van der Waals surface area contributed by atoms with Crippen molar-refractivity contribution in [1.29, 1.82) is 0 Å². The molecule has 0 saturated heterocycles. The number of hydrogen-bond donors (Lipinski definition) is 1. The summed E-state index contributed by atoms with van der Waals surface area (Å²) in [4.78, 5) is 20.4. The number of pyridine rings is 1. The van der Waals surface area contributed by atoms with Gasteiger partial charge >= 0.3 is 0 Å². The summed E-state index contributed by atoms with van der Waals surface area (Å²) in [5.74, 6) is 2.16. The Hall–Kier alpha value is -3.42. The van der Waals surface area contributed by atoms with Crippen molar-refractivity contribution in [3.63, 3.8) is 0 Å². The van der Waals surface area contributed by atoms with Gasteiger partial charge in [-0.25, -0.2) is 0 Å². The van der Waals surface area contributed by atoms with Gasteiger partial charge in [0, 0.05) is 42.9 Å². The lowest BCUT2D eigenvalue weighted by atomic mass is 10.2. The summed E-state index contributed by atoms with van der Waals surface area (Å²) in [6.45, 7) is 0.339. The molecule has 0 atom stereocenters. The Balaban J connectivity index is 1.53. The Labute approximate surface area is 156 Å². The van der Waals surface area contributed by atoms with Gasteiger partial charge in [0.1, 0.15) is 11.5 Å². The molecule has 0 fully saturated rings. The van der Waals surface area contributed by atoms with Crippen molar-refractivity contribution >= 4 is 5.91 Å². The molecule has 3 aromatic rings. The molecule has 0 saturated carbocycles. The molecule has 140 valence electrons. The molecule has 0 bridgehead atoms. The Bertz CT molecular complexity index is 896. The Morgan fingerprint density at radius 3 is 2.70 bits per heavy atom. The van der Waals surface area contributed by atoms with E-state index in [2.05, 4.69) is 20.4 Å². The van der Waals surface area contributed by atoms with E-state index in [9.17, 15) is 4.79 Å². The number of rotatable bonds is 8. The maximum Gasteiger partial charge on any atom is 0.227 e. The maximum atomic E-state index is 12.1. The van der Waals surface area contributed by atoms with Crippen LogP contribution in [0.15, 0.2) is 47.2 Å². The Morgan fingerprint density at radius 2 is 1.96 bits per heavy atom. The standard InChI is InChI=1S/C19H20N4O4/c1-25-15-3-4-16(26-2)14(11-15)12-21-17(24)5-6-18-22-19(23-27-18)13-7-9-20-10-8-13/h3-4,7-11H,5-6,12H2,1-2H3,(H,21,24). The molecule has 0 aliphatic rings. The second-order valence-corrected chi connectivity index (χ2v) is 5.70. The van der Waals surface area contributed by atoms with E-state index in [4.69, 9.17) is 14.0 Å². The van der Waals surface area contributed by atoms with Gasteiger partial charge < -0.3 is 19.3 Å². The summed E-state index contributed by atoms with van der Waals surface area (Å²) in [6.07, 6.45) is 3.92. The Kier molecular flexibility index (Phi) is 5.98. The van der Waals surface area contributed by atoms with Crippen LogP contribution in [0, 0.1) is 0 Å². The van der Waals surface area contributed by atoms with Gasteiger partial charge in [0.25, 0.3) is 0 Å². The molecule has 0 spiro atoms. The van der Waals surface area contributed by atoms with E-state index in [1.165, 1.54) is 0 Å². The van der Waals surface area contributed by atoms with Gasteiger partial charge in [-0.15, -0.1) is 0 Å². The predicted molar refractivity (Wildman–Crippen MR) is 97.2 cm³/mol. The third-order valence-corrected chi connectivity index (χ3v) is 3.94. The van der Waals surface area contributed by atoms with Crippen LogP contribution in [-0.4, -0.2) is 35.3 Å².